The van der Waals surface area contributed by atoms with Crippen LogP contribution in [0.15, 0.2) is 165 Å². The van der Waals surface area contributed by atoms with Gasteiger partial charge in [-0.3, -0.25) is 0 Å². The molecule has 0 saturated carbocycles. The fourth-order valence-corrected chi connectivity index (χ4v) is 8.59. The van der Waals surface area contributed by atoms with Gasteiger partial charge in [-0.05, 0) is 122 Å². The van der Waals surface area contributed by atoms with Crippen LogP contribution >= 0.6 is 47.8 Å². The molecular weight excluding hydrogens is 862 g/mol. The number of fused-ring (bicyclic) bond motifs is 6. The maximum atomic E-state index is 5.07. The van der Waals surface area contributed by atoms with Crippen LogP contribution in [-0.2, 0) is 0 Å². The zero-order valence-electron chi connectivity index (χ0n) is 28.8. The highest BCUT2D eigenvalue weighted by molar-refractivity contribution is 9.11. The van der Waals surface area contributed by atoms with Crippen molar-refractivity contribution in [3.05, 3.63) is 171 Å². The Balaban J connectivity index is 1.07. The summed E-state index contributed by atoms with van der Waals surface area (Å²) in [6.07, 6.45) is 0. The fourth-order valence-electron chi connectivity index (χ4n) is 7.50. The van der Waals surface area contributed by atoms with Crippen molar-refractivity contribution in [3.8, 4) is 45.5 Å². The summed E-state index contributed by atoms with van der Waals surface area (Å²) in [5.41, 5.74) is 10.7. The largest absolute Gasteiger partial charge is 0.309 e. The summed E-state index contributed by atoms with van der Waals surface area (Å²) in [4.78, 5) is 15.1. The lowest BCUT2D eigenvalue weighted by Gasteiger charge is -2.12. The molecule has 10 rings (SSSR count). The van der Waals surface area contributed by atoms with Crippen molar-refractivity contribution in [1.82, 2.24) is 24.1 Å². The number of aromatic nitrogens is 5. The minimum absolute atomic E-state index is 0.618. The van der Waals surface area contributed by atoms with E-state index in [0.717, 1.165) is 58.0 Å². The Morgan fingerprint density at radius 2 is 0.722 bits per heavy atom. The van der Waals surface area contributed by atoms with E-state index in [1.54, 1.807) is 0 Å². The Bertz CT molecular complexity index is 2770. The van der Waals surface area contributed by atoms with E-state index in [1.807, 2.05) is 30.3 Å². The normalized spacial score (nSPS) is 11.7. The van der Waals surface area contributed by atoms with Crippen LogP contribution in [0.1, 0.15) is 5.56 Å². The summed E-state index contributed by atoms with van der Waals surface area (Å²) in [6.45, 7) is 2.14. The fraction of sp³-hybridized carbons (Fsp3) is 0.0217. The van der Waals surface area contributed by atoms with Crippen molar-refractivity contribution in [2.24, 2.45) is 0 Å². The number of hydrogen-bond donors (Lipinski definition) is 0. The lowest BCUT2D eigenvalue weighted by atomic mass is 10.1. The molecule has 0 aliphatic rings. The first kappa shape index (κ1) is 33.2. The molecule has 0 fully saturated rings. The van der Waals surface area contributed by atoms with Gasteiger partial charge in [-0.1, -0.05) is 89.8 Å². The van der Waals surface area contributed by atoms with E-state index < -0.39 is 0 Å². The third kappa shape index (κ3) is 5.68. The molecule has 0 spiro atoms. The topological polar surface area (TPSA) is 48.5 Å². The van der Waals surface area contributed by atoms with Crippen molar-refractivity contribution < 1.29 is 0 Å². The predicted molar refractivity (Wildman–Crippen MR) is 233 cm³/mol. The molecule has 0 radical (unpaired) electrons. The van der Waals surface area contributed by atoms with Crippen LogP contribution in [0.2, 0.25) is 0 Å². The third-order valence-corrected chi connectivity index (χ3v) is 11.5. The molecule has 5 nitrogen and oxygen atoms in total. The van der Waals surface area contributed by atoms with Crippen LogP contribution in [0.5, 0.6) is 0 Å². The molecule has 0 unspecified atom stereocenters. The molecule has 0 aliphatic heterocycles. The average Bonchev–Trinajstić information content (AvgIpc) is 3.69. The van der Waals surface area contributed by atoms with Gasteiger partial charge in [-0.15, -0.1) is 0 Å². The van der Waals surface area contributed by atoms with E-state index >= 15 is 0 Å². The molecule has 0 atom stereocenters. The lowest BCUT2D eigenvalue weighted by molar-refractivity contribution is 1.07. The summed E-state index contributed by atoms with van der Waals surface area (Å²) in [7, 11) is 0. The number of nitrogens with zero attached hydrogens (tertiary/aromatic N) is 5. The van der Waals surface area contributed by atoms with Gasteiger partial charge in [-0.2, -0.15) is 0 Å². The first-order chi connectivity index (χ1) is 26.4. The molecule has 258 valence electrons. The smallest absolute Gasteiger partial charge is 0.164 e. The molecule has 0 aliphatic carbocycles. The maximum absolute atomic E-state index is 5.07. The van der Waals surface area contributed by atoms with Gasteiger partial charge in [0.25, 0.3) is 0 Å². The van der Waals surface area contributed by atoms with Crippen LogP contribution in [0.25, 0.3) is 89.2 Å². The average molecular weight is 890 g/mol. The van der Waals surface area contributed by atoms with Gasteiger partial charge in [0.05, 0.1) is 22.1 Å². The molecule has 8 heteroatoms. The molecule has 0 N–H and O–H groups in total. The Labute approximate surface area is 336 Å². The molecule has 0 saturated heterocycles. The number of hydrogen-bond acceptors (Lipinski definition) is 3. The van der Waals surface area contributed by atoms with Gasteiger partial charge in [0.15, 0.2) is 17.5 Å². The van der Waals surface area contributed by atoms with Gasteiger partial charge < -0.3 is 9.13 Å². The summed E-state index contributed by atoms with van der Waals surface area (Å²) in [5, 5.41) is 4.82. The van der Waals surface area contributed by atoms with E-state index in [4.69, 9.17) is 15.0 Å². The molecule has 7 aromatic carbocycles. The number of rotatable bonds is 5. The second-order valence-electron chi connectivity index (χ2n) is 13.4. The van der Waals surface area contributed by atoms with Crippen LogP contribution in [0.3, 0.4) is 0 Å². The number of benzene rings is 7. The second-order valence-corrected chi connectivity index (χ2v) is 16.2. The molecule has 3 heterocycles. The van der Waals surface area contributed by atoms with Crippen LogP contribution in [0, 0.1) is 6.92 Å². The summed E-state index contributed by atoms with van der Waals surface area (Å²) >= 11 is 11.0. The highest BCUT2D eigenvalue weighted by Crippen LogP contribution is 2.37. The van der Waals surface area contributed by atoms with Crippen LogP contribution < -0.4 is 0 Å². The van der Waals surface area contributed by atoms with Crippen molar-refractivity contribution >= 4 is 91.4 Å². The number of halogens is 3. The minimum Gasteiger partial charge on any atom is -0.309 e. The van der Waals surface area contributed by atoms with Crippen LogP contribution in [-0.4, -0.2) is 24.1 Å². The standard InChI is InChI=1S/C46H28Br3N5/c1-27-7-19-40-36(23-27)37-24-31(47)12-20-41(37)53(40)34-15-8-29(9-16-34)45-50-44(28-5-3-2-4-6-28)51-46(52-45)30-10-17-35(18-11-30)54-42-21-13-32(48)25-38(42)39-26-33(49)14-22-43(39)54/h2-26H,1H3. The van der Waals surface area contributed by atoms with Crippen molar-refractivity contribution in [2.75, 3.05) is 0 Å². The maximum Gasteiger partial charge on any atom is 0.164 e. The highest BCUT2D eigenvalue weighted by Gasteiger charge is 2.17. The Morgan fingerprint density at radius 3 is 1.13 bits per heavy atom. The van der Waals surface area contributed by atoms with Gasteiger partial charge in [0.1, 0.15) is 0 Å². The SMILES string of the molecule is Cc1ccc2c(c1)c1cc(Br)ccc1n2-c1ccc(-c2nc(-c3ccccc3)nc(-c3ccc(-n4c5ccc(Br)cc5c5cc(Br)ccc54)cc3)n2)cc1. The van der Waals surface area contributed by atoms with Gasteiger partial charge in [0, 0.05) is 63.0 Å². The third-order valence-electron chi connectivity index (χ3n) is 10.0. The number of aryl methyl sites for hydroxylation is 1. The van der Waals surface area contributed by atoms with Crippen LogP contribution in [0.4, 0.5) is 0 Å². The molecule has 3 aromatic heterocycles. The van der Waals surface area contributed by atoms with Gasteiger partial charge >= 0.3 is 0 Å². The quantitative estimate of drug-likeness (QED) is 0.173. The van der Waals surface area contributed by atoms with Gasteiger partial charge in [0.2, 0.25) is 0 Å². The lowest BCUT2D eigenvalue weighted by Crippen LogP contribution is -2.01. The minimum atomic E-state index is 0.618. The summed E-state index contributed by atoms with van der Waals surface area (Å²) < 4.78 is 7.79. The van der Waals surface area contributed by atoms with E-state index in [-0.39, 0.29) is 0 Å². The van der Waals surface area contributed by atoms with Gasteiger partial charge in [-0.25, -0.2) is 15.0 Å². The zero-order chi connectivity index (χ0) is 36.5. The Morgan fingerprint density at radius 1 is 0.370 bits per heavy atom. The Hall–Kier alpha value is -5.41. The molecule has 54 heavy (non-hydrogen) atoms. The predicted octanol–water partition coefficient (Wildman–Crippen LogP) is 13.7. The summed E-state index contributed by atoms with van der Waals surface area (Å²) in [6, 6.07) is 53.1. The first-order valence-corrected chi connectivity index (χ1v) is 19.9. The van der Waals surface area contributed by atoms with E-state index in [2.05, 4.69) is 185 Å². The molecule has 10 aromatic rings. The first-order valence-electron chi connectivity index (χ1n) is 17.5. The molecule has 0 amide bonds. The van der Waals surface area contributed by atoms with E-state index in [9.17, 15) is 0 Å². The monoisotopic (exact) mass is 887 g/mol. The van der Waals surface area contributed by atoms with Crippen molar-refractivity contribution in [3.63, 3.8) is 0 Å². The molecular formula is C46H28Br3N5. The summed E-state index contributed by atoms with van der Waals surface area (Å²) in [5.74, 6) is 1.87. The van der Waals surface area contributed by atoms with Crippen molar-refractivity contribution in [1.29, 1.82) is 0 Å². The van der Waals surface area contributed by atoms with Crippen molar-refractivity contribution in [2.45, 2.75) is 6.92 Å². The Kier molecular flexibility index (Phi) is 8.09. The zero-order valence-corrected chi connectivity index (χ0v) is 33.6. The second kappa shape index (κ2) is 13.2. The highest BCUT2D eigenvalue weighted by atomic mass is 79.9. The van der Waals surface area contributed by atoms with E-state index in [1.165, 1.54) is 32.6 Å². The molecule has 0 bridgehead atoms. The van der Waals surface area contributed by atoms with E-state index in [0.29, 0.717) is 17.5 Å².